The molecule has 3 N–H and O–H groups in total. The van der Waals surface area contributed by atoms with Gasteiger partial charge in [0, 0.05) is 26.2 Å². The predicted molar refractivity (Wildman–Crippen MR) is 121 cm³/mol. The molecule has 0 heterocycles. The molecular formula is C22H38N4O4. The van der Waals surface area contributed by atoms with Gasteiger partial charge in [0.25, 0.3) is 0 Å². The van der Waals surface area contributed by atoms with E-state index in [0.29, 0.717) is 30.5 Å². The molecule has 0 aliphatic heterocycles. The summed E-state index contributed by atoms with van der Waals surface area (Å²) in [5.74, 6) is 2.11. The van der Waals surface area contributed by atoms with Crippen molar-refractivity contribution < 1.29 is 19.0 Å². The number of methoxy groups -OCH3 is 2. The van der Waals surface area contributed by atoms with E-state index in [-0.39, 0.29) is 6.04 Å². The monoisotopic (exact) mass is 422 g/mol. The van der Waals surface area contributed by atoms with Gasteiger partial charge >= 0.3 is 6.09 Å². The Morgan fingerprint density at radius 2 is 1.83 bits per heavy atom. The Morgan fingerprint density at radius 3 is 2.40 bits per heavy atom. The topological polar surface area (TPSA) is 93.2 Å². The number of aliphatic imine (C=N–C) groups is 1. The summed E-state index contributed by atoms with van der Waals surface area (Å²) in [6.45, 7) is 8.90. The molecular weight excluding hydrogens is 384 g/mol. The van der Waals surface area contributed by atoms with E-state index >= 15 is 0 Å². The number of ether oxygens (including phenoxy) is 3. The highest BCUT2D eigenvalue weighted by Crippen LogP contribution is 2.27. The van der Waals surface area contributed by atoms with Crippen LogP contribution in [0.5, 0.6) is 11.5 Å². The molecule has 0 radical (unpaired) electrons. The van der Waals surface area contributed by atoms with E-state index in [9.17, 15) is 4.79 Å². The summed E-state index contributed by atoms with van der Waals surface area (Å²) in [7, 11) is 4.98. The van der Waals surface area contributed by atoms with Crippen molar-refractivity contribution in [2.75, 3.05) is 34.4 Å². The maximum absolute atomic E-state index is 12.1. The number of nitrogens with zero attached hydrogens (tertiary/aromatic N) is 1. The van der Waals surface area contributed by atoms with E-state index < -0.39 is 11.7 Å². The van der Waals surface area contributed by atoms with Crippen molar-refractivity contribution in [2.45, 2.75) is 58.6 Å². The highest BCUT2D eigenvalue weighted by molar-refractivity contribution is 5.79. The summed E-state index contributed by atoms with van der Waals surface area (Å²) < 4.78 is 16.0. The molecule has 0 aromatic heterocycles. The minimum atomic E-state index is -0.518. The molecule has 0 spiro atoms. The molecule has 0 aliphatic carbocycles. The number of carbonyl (C=O) groups is 1. The summed E-state index contributed by atoms with van der Waals surface area (Å²) in [6, 6.07) is 5.84. The van der Waals surface area contributed by atoms with E-state index in [1.807, 2.05) is 39.0 Å². The lowest BCUT2D eigenvalue weighted by Gasteiger charge is -2.24. The smallest absolute Gasteiger partial charge is 0.407 e. The SMILES string of the molecule is CCCC(CNC(=NC)NCCc1ccc(OC)c(OC)c1)NC(=O)OC(C)(C)C. The van der Waals surface area contributed by atoms with Crippen molar-refractivity contribution in [3.63, 3.8) is 0 Å². The standard InChI is InChI=1S/C22H38N4O4/c1-8-9-17(26-21(27)30-22(2,3)4)15-25-20(23-5)24-13-12-16-10-11-18(28-6)19(14-16)29-7/h10-11,14,17H,8-9,12-13,15H2,1-7H3,(H,26,27)(H2,23,24,25). The molecule has 1 aromatic carbocycles. The fraction of sp³-hybridized carbons (Fsp3) is 0.636. The second-order valence-electron chi connectivity index (χ2n) is 7.95. The largest absolute Gasteiger partial charge is 0.493 e. The lowest BCUT2D eigenvalue weighted by Crippen LogP contribution is -2.48. The third kappa shape index (κ3) is 9.71. The molecule has 0 aliphatic rings. The van der Waals surface area contributed by atoms with Crippen LogP contribution in [0.1, 0.15) is 46.1 Å². The molecule has 8 nitrogen and oxygen atoms in total. The number of nitrogens with one attached hydrogen (secondary N) is 3. The summed E-state index contributed by atoms with van der Waals surface area (Å²) >= 11 is 0. The van der Waals surface area contributed by atoms with E-state index in [0.717, 1.165) is 24.8 Å². The Labute approximate surface area is 180 Å². The number of hydrogen-bond donors (Lipinski definition) is 3. The van der Waals surface area contributed by atoms with E-state index in [4.69, 9.17) is 14.2 Å². The Balaban J connectivity index is 2.51. The molecule has 8 heteroatoms. The summed E-state index contributed by atoms with van der Waals surface area (Å²) in [4.78, 5) is 16.3. The van der Waals surface area contributed by atoms with Crippen molar-refractivity contribution >= 4 is 12.1 Å². The van der Waals surface area contributed by atoms with Crippen LogP contribution in [0.2, 0.25) is 0 Å². The first-order chi connectivity index (χ1) is 14.2. The average molecular weight is 423 g/mol. The van der Waals surface area contributed by atoms with Gasteiger partial charge in [0.15, 0.2) is 17.5 Å². The molecule has 1 rings (SSSR count). The summed E-state index contributed by atoms with van der Waals surface area (Å²) in [5.41, 5.74) is 0.613. The molecule has 0 saturated heterocycles. The van der Waals surface area contributed by atoms with Gasteiger partial charge in [0.05, 0.1) is 14.2 Å². The van der Waals surface area contributed by atoms with E-state index in [1.165, 1.54) is 0 Å². The average Bonchev–Trinajstić information content (AvgIpc) is 2.68. The third-order valence-electron chi connectivity index (χ3n) is 4.25. The first kappa shape index (κ1) is 25.4. The van der Waals surface area contributed by atoms with Gasteiger partial charge in [-0.1, -0.05) is 19.4 Å². The van der Waals surface area contributed by atoms with Crippen LogP contribution in [-0.4, -0.2) is 58.1 Å². The minimum absolute atomic E-state index is 0.0470. The first-order valence-electron chi connectivity index (χ1n) is 10.4. The van der Waals surface area contributed by atoms with Crippen LogP contribution >= 0.6 is 0 Å². The van der Waals surface area contributed by atoms with Crippen molar-refractivity contribution in [1.82, 2.24) is 16.0 Å². The molecule has 1 amide bonds. The Kier molecular flexibility index (Phi) is 10.9. The van der Waals surface area contributed by atoms with Crippen LogP contribution in [0.25, 0.3) is 0 Å². The molecule has 0 saturated carbocycles. The normalized spacial score (nSPS) is 12.7. The first-order valence-corrected chi connectivity index (χ1v) is 10.4. The van der Waals surface area contributed by atoms with Gasteiger partial charge in [-0.2, -0.15) is 0 Å². The summed E-state index contributed by atoms with van der Waals surface area (Å²) in [6.07, 6.45) is 2.19. The maximum Gasteiger partial charge on any atom is 0.407 e. The van der Waals surface area contributed by atoms with Crippen molar-refractivity contribution in [3.8, 4) is 11.5 Å². The fourth-order valence-electron chi connectivity index (χ4n) is 2.85. The zero-order chi connectivity index (χ0) is 22.6. The molecule has 0 bridgehead atoms. The van der Waals surface area contributed by atoms with Gasteiger partial charge < -0.3 is 30.2 Å². The molecule has 1 atom stereocenters. The number of benzene rings is 1. The number of carbonyl (C=O) groups excluding carboxylic acids is 1. The van der Waals surface area contributed by atoms with Crippen molar-refractivity contribution in [3.05, 3.63) is 23.8 Å². The zero-order valence-electron chi connectivity index (χ0n) is 19.4. The van der Waals surface area contributed by atoms with Crippen LogP contribution in [-0.2, 0) is 11.2 Å². The van der Waals surface area contributed by atoms with Crippen LogP contribution in [0.4, 0.5) is 4.79 Å². The molecule has 30 heavy (non-hydrogen) atoms. The summed E-state index contributed by atoms with van der Waals surface area (Å²) in [5, 5.41) is 9.50. The second-order valence-corrected chi connectivity index (χ2v) is 7.95. The lowest BCUT2D eigenvalue weighted by molar-refractivity contribution is 0.0502. The Hall–Kier alpha value is -2.64. The molecule has 1 aromatic rings. The highest BCUT2D eigenvalue weighted by Gasteiger charge is 2.19. The van der Waals surface area contributed by atoms with Gasteiger partial charge in [-0.3, -0.25) is 4.99 Å². The van der Waals surface area contributed by atoms with E-state index in [2.05, 4.69) is 27.9 Å². The quantitative estimate of drug-likeness (QED) is 0.396. The van der Waals surface area contributed by atoms with Gasteiger partial charge in [-0.05, 0) is 51.3 Å². The van der Waals surface area contributed by atoms with Gasteiger partial charge in [-0.25, -0.2) is 4.79 Å². The number of guanidine groups is 1. The van der Waals surface area contributed by atoms with Crippen LogP contribution < -0.4 is 25.4 Å². The number of amides is 1. The number of rotatable bonds is 10. The molecule has 170 valence electrons. The minimum Gasteiger partial charge on any atom is -0.493 e. The van der Waals surface area contributed by atoms with Gasteiger partial charge in [0.2, 0.25) is 0 Å². The van der Waals surface area contributed by atoms with Gasteiger partial charge in [-0.15, -0.1) is 0 Å². The van der Waals surface area contributed by atoms with Crippen molar-refractivity contribution in [1.29, 1.82) is 0 Å². The van der Waals surface area contributed by atoms with E-state index in [1.54, 1.807) is 21.3 Å². The zero-order valence-corrected chi connectivity index (χ0v) is 19.4. The highest BCUT2D eigenvalue weighted by atomic mass is 16.6. The number of alkyl carbamates (subject to hydrolysis) is 1. The van der Waals surface area contributed by atoms with Crippen LogP contribution in [0.3, 0.4) is 0 Å². The van der Waals surface area contributed by atoms with Crippen molar-refractivity contribution in [2.24, 2.45) is 4.99 Å². The molecule has 1 unspecified atom stereocenters. The Morgan fingerprint density at radius 1 is 1.13 bits per heavy atom. The predicted octanol–water partition coefficient (Wildman–Crippen LogP) is 3.10. The van der Waals surface area contributed by atoms with Crippen LogP contribution in [0.15, 0.2) is 23.2 Å². The Bertz CT molecular complexity index is 686. The maximum atomic E-state index is 12.1. The second kappa shape index (κ2) is 12.8. The van der Waals surface area contributed by atoms with Crippen LogP contribution in [0, 0.1) is 0 Å². The fourth-order valence-corrected chi connectivity index (χ4v) is 2.85. The van der Waals surface area contributed by atoms with Gasteiger partial charge in [0.1, 0.15) is 5.60 Å². The molecule has 0 fully saturated rings. The third-order valence-corrected chi connectivity index (χ3v) is 4.25. The lowest BCUT2D eigenvalue weighted by atomic mass is 10.1. The number of hydrogen-bond acceptors (Lipinski definition) is 5.